The van der Waals surface area contributed by atoms with Crippen LogP contribution in [0, 0.1) is 6.92 Å². The molecule has 0 spiro atoms. The minimum Gasteiger partial charge on any atom is -0.466 e. The number of thiophene rings is 1. The van der Waals surface area contributed by atoms with Crippen LogP contribution in [0.1, 0.15) is 60.5 Å². The van der Waals surface area contributed by atoms with Crippen molar-refractivity contribution in [3.8, 4) is 0 Å². The van der Waals surface area contributed by atoms with Crippen molar-refractivity contribution >= 4 is 27.5 Å². The molecule has 2 atom stereocenters. The Morgan fingerprint density at radius 3 is 2.82 bits per heavy atom. The van der Waals surface area contributed by atoms with Crippen LogP contribution >= 0.6 is 11.3 Å². The van der Waals surface area contributed by atoms with E-state index in [0.29, 0.717) is 17.8 Å². The normalized spacial score (nSPS) is 17.3. The van der Waals surface area contributed by atoms with E-state index in [1.54, 1.807) is 15.9 Å². The molecule has 0 bridgehead atoms. The van der Waals surface area contributed by atoms with E-state index in [2.05, 4.69) is 0 Å². The average molecular weight is 397 g/mol. The summed E-state index contributed by atoms with van der Waals surface area (Å²) in [7, 11) is 0. The Bertz CT molecular complexity index is 1080. The molecule has 1 aromatic carbocycles. The number of esters is 1. The lowest BCUT2D eigenvalue weighted by atomic mass is 9.86. The van der Waals surface area contributed by atoms with Crippen LogP contribution in [0.5, 0.6) is 0 Å². The topological polar surface area (TPSA) is 61.2 Å². The van der Waals surface area contributed by atoms with Crippen molar-refractivity contribution in [2.24, 2.45) is 0 Å². The monoisotopic (exact) mass is 396 g/mol. The first-order valence-electron chi connectivity index (χ1n) is 9.78. The van der Waals surface area contributed by atoms with Crippen LogP contribution in [-0.4, -0.2) is 22.1 Å². The van der Waals surface area contributed by atoms with Gasteiger partial charge in [0, 0.05) is 4.88 Å². The number of hydrogen-bond donors (Lipinski definition) is 0. The third kappa shape index (κ3) is 3.05. The van der Waals surface area contributed by atoms with Crippen LogP contribution in [0.3, 0.4) is 0 Å². The second kappa shape index (κ2) is 7.51. The van der Waals surface area contributed by atoms with Crippen LogP contribution in [0.25, 0.3) is 10.2 Å². The van der Waals surface area contributed by atoms with Crippen molar-refractivity contribution in [2.75, 3.05) is 6.61 Å². The summed E-state index contributed by atoms with van der Waals surface area (Å²) in [6.07, 6.45) is 2.54. The predicted octanol–water partition coefficient (Wildman–Crippen LogP) is 4.36. The van der Waals surface area contributed by atoms with Crippen molar-refractivity contribution in [1.29, 1.82) is 0 Å². The van der Waals surface area contributed by atoms with E-state index in [1.807, 2.05) is 51.1 Å². The summed E-state index contributed by atoms with van der Waals surface area (Å²) in [6, 6.07) is 9.82. The van der Waals surface area contributed by atoms with Gasteiger partial charge in [0.1, 0.15) is 10.7 Å². The molecular formula is C22H24N2O3S. The van der Waals surface area contributed by atoms with Crippen molar-refractivity contribution in [2.45, 2.75) is 52.0 Å². The first-order valence-corrected chi connectivity index (χ1v) is 10.6. The van der Waals surface area contributed by atoms with E-state index >= 15 is 0 Å². The fourth-order valence-electron chi connectivity index (χ4n) is 4.21. The highest BCUT2D eigenvalue weighted by Crippen LogP contribution is 2.41. The minimum atomic E-state index is -0.366. The van der Waals surface area contributed by atoms with E-state index in [4.69, 9.17) is 9.72 Å². The highest BCUT2D eigenvalue weighted by Gasteiger charge is 2.33. The average Bonchev–Trinajstić information content (AvgIpc) is 3.07. The molecule has 0 radical (unpaired) electrons. The number of fused-ring (bicyclic) bond motifs is 3. The Balaban J connectivity index is 1.92. The smallest absolute Gasteiger partial charge is 0.313 e. The lowest BCUT2D eigenvalue weighted by Gasteiger charge is -2.22. The quantitative estimate of drug-likeness (QED) is 0.615. The number of carbonyl (C=O) groups is 1. The van der Waals surface area contributed by atoms with Gasteiger partial charge in [-0.15, -0.1) is 11.3 Å². The molecule has 0 aliphatic heterocycles. The predicted molar refractivity (Wildman–Crippen MR) is 111 cm³/mol. The van der Waals surface area contributed by atoms with Crippen LogP contribution in [-0.2, 0) is 16.0 Å². The van der Waals surface area contributed by atoms with Crippen molar-refractivity contribution in [3.05, 3.63) is 62.5 Å². The van der Waals surface area contributed by atoms with E-state index < -0.39 is 0 Å². The van der Waals surface area contributed by atoms with Crippen molar-refractivity contribution in [3.63, 3.8) is 0 Å². The molecule has 0 N–H and O–H groups in total. The number of carbonyl (C=O) groups excluding carboxylic acids is 1. The lowest BCUT2D eigenvalue weighted by Crippen LogP contribution is -2.29. The lowest BCUT2D eigenvalue weighted by molar-refractivity contribution is -0.145. The molecule has 0 saturated carbocycles. The Morgan fingerprint density at radius 1 is 1.36 bits per heavy atom. The summed E-state index contributed by atoms with van der Waals surface area (Å²) >= 11 is 1.55. The molecule has 146 valence electrons. The summed E-state index contributed by atoms with van der Waals surface area (Å²) in [5.41, 5.74) is 1.85. The Kier molecular flexibility index (Phi) is 5.06. The number of nitrogens with zero attached hydrogens (tertiary/aromatic N) is 2. The van der Waals surface area contributed by atoms with Gasteiger partial charge >= 0.3 is 5.97 Å². The standard InChI is InChI=1S/C22H24N2O3S/c1-4-27-22(26)16-11-8-12-17-18(16)19-20(28-17)23-14(3)24(21(19)25)13(2)15-9-6-5-7-10-15/h5-7,9-10,13,16H,4,8,11-12H2,1-3H3. The van der Waals surface area contributed by atoms with E-state index in [0.717, 1.165) is 40.1 Å². The molecule has 28 heavy (non-hydrogen) atoms. The zero-order valence-electron chi connectivity index (χ0n) is 16.4. The Morgan fingerprint density at radius 2 is 2.11 bits per heavy atom. The van der Waals surface area contributed by atoms with E-state index in [1.165, 1.54) is 0 Å². The van der Waals surface area contributed by atoms with Gasteiger partial charge in [0.05, 0.1) is 24.0 Å². The number of aromatic nitrogens is 2. The molecule has 6 heteroatoms. The largest absolute Gasteiger partial charge is 0.466 e. The van der Waals surface area contributed by atoms with Gasteiger partial charge in [-0.2, -0.15) is 0 Å². The third-order valence-electron chi connectivity index (χ3n) is 5.53. The maximum Gasteiger partial charge on any atom is 0.313 e. The second-order valence-electron chi connectivity index (χ2n) is 7.24. The van der Waals surface area contributed by atoms with Crippen molar-refractivity contribution in [1.82, 2.24) is 9.55 Å². The molecule has 5 nitrogen and oxygen atoms in total. The summed E-state index contributed by atoms with van der Waals surface area (Å²) < 4.78 is 7.06. The molecule has 1 aliphatic rings. The Labute approximate surface area is 168 Å². The molecule has 0 fully saturated rings. The Hall–Kier alpha value is -2.47. The van der Waals surface area contributed by atoms with Crippen molar-refractivity contribution < 1.29 is 9.53 Å². The fourth-order valence-corrected chi connectivity index (χ4v) is 5.52. The SMILES string of the molecule is CCOC(=O)C1CCCc2sc3nc(C)n(C(C)c4ccccc4)c(=O)c3c21. The molecule has 1 aliphatic carbocycles. The van der Waals surface area contributed by atoms with Gasteiger partial charge in [-0.1, -0.05) is 30.3 Å². The van der Waals surface area contributed by atoms with Gasteiger partial charge < -0.3 is 4.74 Å². The highest BCUT2D eigenvalue weighted by atomic mass is 32.1. The van der Waals surface area contributed by atoms with Gasteiger partial charge in [0.25, 0.3) is 5.56 Å². The minimum absolute atomic E-state index is 0.0625. The maximum absolute atomic E-state index is 13.6. The molecule has 4 rings (SSSR count). The van der Waals surface area contributed by atoms with Crippen LogP contribution < -0.4 is 5.56 Å². The van der Waals surface area contributed by atoms with E-state index in [9.17, 15) is 9.59 Å². The van der Waals surface area contributed by atoms with E-state index in [-0.39, 0.29) is 23.5 Å². The molecular weight excluding hydrogens is 372 g/mol. The molecule has 0 amide bonds. The third-order valence-corrected chi connectivity index (χ3v) is 6.69. The molecule has 2 unspecified atom stereocenters. The number of aryl methyl sites for hydroxylation is 2. The zero-order chi connectivity index (χ0) is 19.8. The summed E-state index contributed by atoms with van der Waals surface area (Å²) in [5.74, 6) is 0.0982. The van der Waals surface area contributed by atoms with Gasteiger partial charge in [0.2, 0.25) is 0 Å². The molecule has 2 aromatic heterocycles. The number of benzene rings is 1. The highest BCUT2D eigenvalue weighted by molar-refractivity contribution is 7.18. The number of hydrogen-bond acceptors (Lipinski definition) is 5. The summed E-state index contributed by atoms with van der Waals surface area (Å²) in [6.45, 7) is 6.05. The number of ether oxygens (including phenoxy) is 1. The van der Waals surface area contributed by atoms with Gasteiger partial charge in [-0.05, 0) is 51.2 Å². The first kappa shape index (κ1) is 18.9. The number of rotatable bonds is 4. The molecule has 0 saturated heterocycles. The second-order valence-corrected chi connectivity index (χ2v) is 8.32. The van der Waals surface area contributed by atoms with Crippen LogP contribution in [0.4, 0.5) is 0 Å². The summed E-state index contributed by atoms with van der Waals surface area (Å²) in [5, 5.41) is 0.603. The van der Waals surface area contributed by atoms with Crippen LogP contribution in [0.2, 0.25) is 0 Å². The molecule has 3 aromatic rings. The maximum atomic E-state index is 13.6. The van der Waals surface area contributed by atoms with Gasteiger partial charge in [0.15, 0.2) is 0 Å². The zero-order valence-corrected chi connectivity index (χ0v) is 17.2. The fraction of sp³-hybridized carbons (Fsp3) is 0.409. The first-order chi connectivity index (χ1) is 13.5. The van der Waals surface area contributed by atoms with Gasteiger partial charge in [-0.25, -0.2) is 4.98 Å². The van der Waals surface area contributed by atoms with Gasteiger partial charge in [-0.3, -0.25) is 14.2 Å². The summed E-state index contributed by atoms with van der Waals surface area (Å²) in [4.78, 5) is 32.8. The molecule has 2 heterocycles. The van der Waals surface area contributed by atoms with Crippen LogP contribution in [0.15, 0.2) is 35.1 Å².